The fourth-order valence-electron chi connectivity index (χ4n) is 1.53. The second kappa shape index (κ2) is 4.29. The molecule has 94 valence electrons. The van der Waals surface area contributed by atoms with Crippen molar-refractivity contribution in [3.05, 3.63) is 53.6 Å². The van der Waals surface area contributed by atoms with Crippen molar-refractivity contribution in [2.24, 2.45) is 0 Å². The van der Waals surface area contributed by atoms with Gasteiger partial charge in [0.1, 0.15) is 5.82 Å². The molecule has 3 nitrogen and oxygen atoms in total. The summed E-state index contributed by atoms with van der Waals surface area (Å²) in [7, 11) is 0. The van der Waals surface area contributed by atoms with Gasteiger partial charge in [0.15, 0.2) is 0 Å². The van der Waals surface area contributed by atoms with Crippen LogP contribution in [0.15, 0.2) is 36.7 Å². The van der Waals surface area contributed by atoms with E-state index in [-0.39, 0.29) is 5.56 Å². The number of aromatic nitrogens is 2. The number of benzene rings is 1. The van der Waals surface area contributed by atoms with Crippen molar-refractivity contribution >= 4 is 5.91 Å². The monoisotopic (exact) mass is 254 g/mol. The SMILES string of the molecule is Cc1nccn1C(=O)c1ccc(C(F)(F)F)cc1. The zero-order valence-corrected chi connectivity index (χ0v) is 9.40. The molecular formula is C12H9F3N2O. The molecule has 1 aromatic carbocycles. The van der Waals surface area contributed by atoms with E-state index in [4.69, 9.17) is 0 Å². The van der Waals surface area contributed by atoms with E-state index in [2.05, 4.69) is 4.98 Å². The Hall–Kier alpha value is -2.11. The van der Waals surface area contributed by atoms with Crippen molar-refractivity contribution in [3.8, 4) is 0 Å². The minimum Gasteiger partial charge on any atom is -0.270 e. The Morgan fingerprint density at radius 2 is 1.83 bits per heavy atom. The number of rotatable bonds is 1. The van der Waals surface area contributed by atoms with Crippen molar-refractivity contribution in [1.82, 2.24) is 9.55 Å². The van der Waals surface area contributed by atoms with Gasteiger partial charge in [0.05, 0.1) is 5.56 Å². The number of imidazole rings is 1. The standard InChI is InChI=1S/C12H9F3N2O/c1-8-16-6-7-17(8)11(18)9-2-4-10(5-3-9)12(13,14)15/h2-7H,1H3. The molecule has 0 saturated carbocycles. The van der Waals surface area contributed by atoms with Crippen LogP contribution in [0.2, 0.25) is 0 Å². The molecule has 1 heterocycles. The maximum Gasteiger partial charge on any atom is 0.416 e. The summed E-state index contributed by atoms with van der Waals surface area (Å²) >= 11 is 0. The highest BCUT2D eigenvalue weighted by atomic mass is 19.4. The highest BCUT2D eigenvalue weighted by Crippen LogP contribution is 2.29. The summed E-state index contributed by atoms with van der Waals surface area (Å²) < 4.78 is 38.4. The lowest BCUT2D eigenvalue weighted by molar-refractivity contribution is -0.137. The van der Waals surface area contributed by atoms with Crippen molar-refractivity contribution in [1.29, 1.82) is 0 Å². The molecule has 0 radical (unpaired) electrons. The highest BCUT2D eigenvalue weighted by Gasteiger charge is 2.30. The van der Waals surface area contributed by atoms with Gasteiger partial charge in [-0.3, -0.25) is 9.36 Å². The van der Waals surface area contributed by atoms with E-state index >= 15 is 0 Å². The van der Waals surface area contributed by atoms with Gasteiger partial charge in [-0.2, -0.15) is 13.2 Å². The van der Waals surface area contributed by atoms with E-state index in [1.54, 1.807) is 6.92 Å². The second-order valence-corrected chi connectivity index (χ2v) is 3.72. The molecule has 0 amide bonds. The van der Waals surface area contributed by atoms with Gasteiger partial charge in [-0.1, -0.05) is 0 Å². The topological polar surface area (TPSA) is 34.9 Å². The summed E-state index contributed by atoms with van der Waals surface area (Å²) in [5.74, 6) is 0.0821. The van der Waals surface area contributed by atoms with Gasteiger partial charge in [-0.15, -0.1) is 0 Å². The summed E-state index contributed by atoms with van der Waals surface area (Å²) in [4.78, 5) is 15.8. The molecule has 2 aromatic rings. The van der Waals surface area contributed by atoms with Gasteiger partial charge in [-0.25, -0.2) is 4.98 Å². The Bertz CT molecular complexity index is 570. The minimum absolute atomic E-state index is 0.184. The molecule has 1 aromatic heterocycles. The molecule has 0 N–H and O–H groups in total. The number of hydrogen-bond acceptors (Lipinski definition) is 2. The highest BCUT2D eigenvalue weighted by molar-refractivity contribution is 5.96. The zero-order chi connectivity index (χ0) is 13.3. The van der Waals surface area contributed by atoms with Gasteiger partial charge in [0.2, 0.25) is 0 Å². The molecule has 0 atom stereocenters. The van der Waals surface area contributed by atoms with Gasteiger partial charge in [0.25, 0.3) is 5.91 Å². The van der Waals surface area contributed by atoms with E-state index in [9.17, 15) is 18.0 Å². The first-order valence-corrected chi connectivity index (χ1v) is 5.11. The minimum atomic E-state index is -4.40. The number of aryl methyl sites for hydroxylation is 1. The lowest BCUT2D eigenvalue weighted by atomic mass is 10.1. The van der Waals surface area contributed by atoms with Crippen LogP contribution >= 0.6 is 0 Å². The third-order valence-electron chi connectivity index (χ3n) is 2.50. The van der Waals surface area contributed by atoms with Crippen LogP contribution in [0.4, 0.5) is 13.2 Å². The summed E-state index contributed by atoms with van der Waals surface area (Å²) in [5.41, 5.74) is -0.592. The zero-order valence-electron chi connectivity index (χ0n) is 9.40. The van der Waals surface area contributed by atoms with E-state index in [0.717, 1.165) is 24.3 Å². The number of carbonyl (C=O) groups is 1. The fourth-order valence-corrected chi connectivity index (χ4v) is 1.53. The molecule has 2 rings (SSSR count). The Morgan fingerprint density at radius 3 is 2.28 bits per heavy atom. The molecule has 6 heteroatoms. The predicted molar refractivity (Wildman–Crippen MR) is 58.1 cm³/mol. The van der Waals surface area contributed by atoms with E-state index in [0.29, 0.717) is 5.82 Å². The molecule has 0 aliphatic carbocycles. The van der Waals surface area contributed by atoms with Crippen molar-refractivity contribution < 1.29 is 18.0 Å². The van der Waals surface area contributed by atoms with Crippen molar-refractivity contribution in [2.75, 3.05) is 0 Å². The molecule has 0 aliphatic rings. The number of halogens is 3. The average molecular weight is 254 g/mol. The first-order valence-electron chi connectivity index (χ1n) is 5.11. The molecule has 0 aliphatic heterocycles. The normalized spacial score (nSPS) is 11.6. The molecule has 0 fully saturated rings. The fraction of sp³-hybridized carbons (Fsp3) is 0.167. The molecular weight excluding hydrogens is 245 g/mol. The first kappa shape index (κ1) is 12.3. The predicted octanol–water partition coefficient (Wildman–Crippen LogP) is 2.90. The molecule has 0 bridgehead atoms. The van der Waals surface area contributed by atoms with E-state index in [1.165, 1.54) is 17.0 Å². The molecule has 0 saturated heterocycles. The second-order valence-electron chi connectivity index (χ2n) is 3.72. The van der Waals surface area contributed by atoms with Crippen LogP contribution in [0.5, 0.6) is 0 Å². The smallest absolute Gasteiger partial charge is 0.270 e. The third kappa shape index (κ3) is 2.27. The maximum absolute atomic E-state index is 12.4. The van der Waals surface area contributed by atoms with E-state index in [1.807, 2.05) is 0 Å². The van der Waals surface area contributed by atoms with Crippen LogP contribution in [0.3, 0.4) is 0 Å². The van der Waals surface area contributed by atoms with Crippen LogP contribution in [0.25, 0.3) is 0 Å². The maximum atomic E-state index is 12.4. The average Bonchev–Trinajstić information content (AvgIpc) is 2.73. The van der Waals surface area contributed by atoms with Gasteiger partial charge in [0, 0.05) is 18.0 Å². The van der Waals surface area contributed by atoms with E-state index < -0.39 is 17.6 Å². The van der Waals surface area contributed by atoms with Crippen LogP contribution in [0, 0.1) is 6.92 Å². The van der Waals surface area contributed by atoms with Crippen molar-refractivity contribution in [2.45, 2.75) is 13.1 Å². The lowest BCUT2D eigenvalue weighted by Crippen LogP contribution is -2.13. The summed E-state index contributed by atoms with van der Waals surface area (Å²) in [6.45, 7) is 1.64. The number of hydrogen-bond donors (Lipinski definition) is 0. The first-order chi connectivity index (χ1) is 8.39. The van der Waals surface area contributed by atoms with Gasteiger partial charge >= 0.3 is 6.18 Å². The van der Waals surface area contributed by atoms with Crippen LogP contribution in [-0.2, 0) is 6.18 Å². The Labute approximate surface area is 101 Å². The largest absolute Gasteiger partial charge is 0.416 e. The number of nitrogens with zero attached hydrogens (tertiary/aromatic N) is 2. The Morgan fingerprint density at radius 1 is 1.22 bits per heavy atom. The van der Waals surface area contributed by atoms with Gasteiger partial charge in [-0.05, 0) is 31.2 Å². The van der Waals surface area contributed by atoms with Crippen LogP contribution < -0.4 is 0 Å². The number of carbonyl (C=O) groups excluding carboxylic acids is 1. The summed E-state index contributed by atoms with van der Waals surface area (Å²) in [5, 5.41) is 0. The summed E-state index contributed by atoms with van der Waals surface area (Å²) in [6, 6.07) is 4.09. The van der Waals surface area contributed by atoms with Gasteiger partial charge < -0.3 is 0 Å². The molecule has 0 unspecified atom stereocenters. The Kier molecular flexibility index (Phi) is 2.94. The quantitative estimate of drug-likeness (QED) is 0.784. The summed E-state index contributed by atoms with van der Waals surface area (Å²) in [6.07, 6.45) is -1.47. The number of alkyl halides is 3. The lowest BCUT2D eigenvalue weighted by Gasteiger charge is -2.08. The van der Waals surface area contributed by atoms with Crippen LogP contribution in [0.1, 0.15) is 21.7 Å². The molecule has 18 heavy (non-hydrogen) atoms. The Balaban J connectivity index is 2.31. The molecule has 0 spiro atoms. The third-order valence-corrected chi connectivity index (χ3v) is 2.50. The van der Waals surface area contributed by atoms with Crippen LogP contribution in [-0.4, -0.2) is 15.5 Å². The van der Waals surface area contributed by atoms with Crippen molar-refractivity contribution in [3.63, 3.8) is 0 Å².